The summed E-state index contributed by atoms with van der Waals surface area (Å²) in [6.07, 6.45) is 3.05. The van der Waals surface area contributed by atoms with Gasteiger partial charge in [-0.2, -0.15) is 11.8 Å². The van der Waals surface area contributed by atoms with E-state index in [0.717, 1.165) is 35.6 Å². The summed E-state index contributed by atoms with van der Waals surface area (Å²) in [6.45, 7) is 0.785. The molecule has 1 atom stereocenters. The molecule has 0 fully saturated rings. The maximum Gasteiger partial charge on any atom is 0.127 e. The van der Waals surface area contributed by atoms with Crippen molar-refractivity contribution in [3.05, 3.63) is 78.1 Å². The standard InChI is InChI=1S/C22H23N3S/c1-26-13-12-19(23)22-24-20-8-4-5-9-21(20)25(22)15-16-10-11-17-6-2-3-7-18(17)14-16/h2-11,14,19H,12-13,15,23H2,1H3. The highest BCUT2D eigenvalue weighted by Crippen LogP contribution is 2.24. The molecule has 0 aliphatic heterocycles. The van der Waals surface area contributed by atoms with Crippen molar-refractivity contribution < 1.29 is 0 Å². The van der Waals surface area contributed by atoms with E-state index in [9.17, 15) is 0 Å². The Balaban J connectivity index is 1.75. The highest BCUT2D eigenvalue weighted by molar-refractivity contribution is 7.98. The summed E-state index contributed by atoms with van der Waals surface area (Å²) in [5.74, 6) is 2.02. The van der Waals surface area contributed by atoms with Crippen LogP contribution in [0, 0.1) is 0 Å². The maximum absolute atomic E-state index is 6.49. The normalized spacial score (nSPS) is 12.7. The van der Waals surface area contributed by atoms with E-state index in [0.29, 0.717) is 0 Å². The van der Waals surface area contributed by atoms with Gasteiger partial charge in [-0.3, -0.25) is 0 Å². The number of fused-ring (bicyclic) bond motifs is 2. The number of imidazole rings is 1. The Hall–Kier alpha value is -2.30. The van der Waals surface area contributed by atoms with Gasteiger partial charge in [-0.05, 0) is 53.0 Å². The van der Waals surface area contributed by atoms with Gasteiger partial charge in [0.25, 0.3) is 0 Å². The highest BCUT2D eigenvalue weighted by Gasteiger charge is 2.17. The van der Waals surface area contributed by atoms with Crippen LogP contribution in [0.5, 0.6) is 0 Å². The summed E-state index contributed by atoms with van der Waals surface area (Å²) >= 11 is 1.83. The number of rotatable bonds is 6. The van der Waals surface area contributed by atoms with Gasteiger partial charge in [0, 0.05) is 6.54 Å². The monoisotopic (exact) mass is 361 g/mol. The second-order valence-electron chi connectivity index (χ2n) is 6.61. The van der Waals surface area contributed by atoms with E-state index in [1.165, 1.54) is 16.3 Å². The quantitative estimate of drug-likeness (QED) is 0.526. The molecule has 1 heterocycles. The summed E-state index contributed by atoms with van der Waals surface area (Å²) in [4.78, 5) is 4.85. The number of para-hydroxylation sites is 2. The Bertz CT molecular complexity index is 1040. The Morgan fingerprint density at radius 3 is 2.62 bits per heavy atom. The summed E-state index contributed by atoms with van der Waals surface area (Å²) < 4.78 is 2.28. The van der Waals surface area contributed by atoms with Gasteiger partial charge in [0.2, 0.25) is 0 Å². The number of hydrogen-bond acceptors (Lipinski definition) is 3. The smallest absolute Gasteiger partial charge is 0.127 e. The van der Waals surface area contributed by atoms with Gasteiger partial charge in [-0.25, -0.2) is 4.98 Å². The molecule has 0 bridgehead atoms. The minimum Gasteiger partial charge on any atom is -0.322 e. The van der Waals surface area contributed by atoms with Crippen LogP contribution in [-0.4, -0.2) is 21.6 Å². The second-order valence-corrected chi connectivity index (χ2v) is 7.60. The van der Waals surface area contributed by atoms with E-state index in [1.54, 1.807) is 0 Å². The van der Waals surface area contributed by atoms with Crippen molar-refractivity contribution in [3.8, 4) is 0 Å². The van der Waals surface area contributed by atoms with Gasteiger partial charge in [0.1, 0.15) is 5.82 Å². The van der Waals surface area contributed by atoms with Crippen molar-refractivity contribution in [1.82, 2.24) is 9.55 Å². The largest absolute Gasteiger partial charge is 0.322 e. The number of benzene rings is 3. The lowest BCUT2D eigenvalue weighted by Gasteiger charge is -2.15. The SMILES string of the molecule is CSCCC(N)c1nc2ccccc2n1Cc1ccc2ccccc2c1. The molecular weight excluding hydrogens is 338 g/mol. The summed E-state index contributed by atoms with van der Waals surface area (Å²) in [6, 6.07) is 23.4. The molecule has 26 heavy (non-hydrogen) atoms. The van der Waals surface area contributed by atoms with Crippen LogP contribution < -0.4 is 5.73 Å². The van der Waals surface area contributed by atoms with Crippen LogP contribution in [0.2, 0.25) is 0 Å². The predicted molar refractivity (Wildman–Crippen MR) is 113 cm³/mol. The average Bonchev–Trinajstić information content (AvgIpc) is 3.05. The molecule has 0 saturated carbocycles. The molecule has 4 heteroatoms. The van der Waals surface area contributed by atoms with Crippen molar-refractivity contribution in [2.75, 3.05) is 12.0 Å². The third kappa shape index (κ3) is 3.35. The first kappa shape index (κ1) is 17.1. The molecule has 0 aliphatic carbocycles. The third-order valence-electron chi connectivity index (χ3n) is 4.80. The highest BCUT2D eigenvalue weighted by atomic mass is 32.2. The topological polar surface area (TPSA) is 43.8 Å². The fourth-order valence-corrected chi connectivity index (χ4v) is 3.93. The van der Waals surface area contributed by atoms with Gasteiger partial charge in [-0.1, -0.05) is 48.5 Å². The van der Waals surface area contributed by atoms with Crippen LogP contribution in [0.4, 0.5) is 0 Å². The fraction of sp³-hybridized carbons (Fsp3) is 0.227. The zero-order valence-corrected chi connectivity index (χ0v) is 15.7. The number of hydrogen-bond donors (Lipinski definition) is 1. The lowest BCUT2D eigenvalue weighted by Crippen LogP contribution is -2.18. The van der Waals surface area contributed by atoms with E-state index < -0.39 is 0 Å². The van der Waals surface area contributed by atoms with Crippen LogP contribution >= 0.6 is 11.8 Å². The van der Waals surface area contributed by atoms with Crippen molar-refractivity contribution in [3.63, 3.8) is 0 Å². The van der Waals surface area contributed by atoms with Gasteiger partial charge in [-0.15, -0.1) is 0 Å². The zero-order chi connectivity index (χ0) is 17.9. The van der Waals surface area contributed by atoms with Crippen LogP contribution in [0.25, 0.3) is 21.8 Å². The minimum absolute atomic E-state index is 0.0460. The van der Waals surface area contributed by atoms with Crippen molar-refractivity contribution in [1.29, 1.82) is 0 Å². The molecule has 0 saturated heterocycles. The van der Waals surface area contributed by atoms with Crippen molar-refractivity contribution in [2.24, 2.45) is 5.73 Å². The van der Waals surface area contributed by atoms with Gasteiger partial charge < -0.3 is 10.3 Å². The summed E-state index contributed by atoms with van der Waals surface area (Å²) in [5.41, 5.74) is 9.93. The Morgan fingerprint density at radius 1 is 1.00 bits per heavy atom. The van der Waals surface area contributed by atoms with Crippen LogP contribution in [0.3, 0.4) is 0 Å². The van der Waals surface area contributed by atoms with Gasteiger partial charge in [0.05, 0.1) is 17.1 Å². The molecule has 0 spiro atoms. The number of thioether (sulfide) groups is 1. The lowest BCUT2D eigenvalue weighted by atomic mass is 10.1. The maximum atomic E-state index is 6.49. The molecule has 0 aliphatic rings. The van der Waals surface area contributed by atoms with Gasteiger partial charge in [0.15, 0.2) is 0 Å². The molecule has 3 aromatic carbocycles. The molecule has 2 N–H and O–H groups in total. The first-order valence-electron chi connectivity index (χ1n) is 8.93. The van der Waals surface area contributed by atoms with Crippen LogP contribution in [0.15, 0.2) is 66.7 Å². The molecule has 1 unspecified atom stereocenters. The fourth-order valence-electron chi connectivity index (χ4n) is 3.44. The lowest BCUT2D eigenvalue weighted by molar-refractivity contribution is 0.609. The minimum atomic E-state index is -0.0460. The Morgan fingerprint density at radius 2 is 1.77 bits per heavy atom. The molecule has 1 aromatic heterocycles. The zero-order valence-electron chi connectivity index (χ0n) is 14.9. The van der Waals surface area contributed by atoms with E-state index >= 15 is 0 Å². The molecular formula is C22H23N3S. The Labute approximate surface area is 158 Å². The summed E-state index contributed by atoms with van der Waals surface area (Å²) in [7, 11) is 0. The number of nitrogens with zero attached hydrogens (tertiary/aromatic N) is 2. The van der Waals surface area contributed by atoms with E-state index in [1.807, 2.05) is 17.8 Å². The molecule has 0 radical (unpaired) electrons. The molecule has 132 valence electrons. The number of aromatic nitrogens is 2. The second kappa shape index (κ2) is 7.52. The first-order valence-corrected chi connectivity index (χ1v) is 10.3. The van der Waals surface area contributed by atoms with Crippen molar-refractivity contribution in [2.45, 2.75) is 19.0 Å². The molecule has 0 amide bonds. The van der Waals surface area contributed by atoms with E-state index in [-0.39, 0.29) is 6.04 Å². The molecule has 4 rings (SSSR count). The van der Waals surface area contributed by atoms with Crippen LogP contribution in [0.1, 0.15) is 23.9 Å². The van der Waals surface area contributed by atoms with Crippen molar-refractivity contribution >= 4 is 33.6 Å². The first-order chi connectivity index (χ1) is 12.8. The molecule has 3 nitrogen and oxygen atoms in total. The Kier molecular flexibility index (Phi) is 4.96. The third-order valence-corrected chi connectivity index (χ3v) is 5.45. The number of nitrogens with two attached hydrogens (primary N) is 1. The molecule has 4 aromatic rings. The summed E-state index contributed by atoms with van der Waals surface area (Å²) in [5, 5.41) is 2.53. The van der Waals surface area contributed by atoms with E-state index in [2.05, 4.69) is 71.5 Å². The average molecular weight is 362 g/mol. The van der Waals surface area contributed by atoms with Crippen LogP contribution in [-0.2, 0) is 6.54 Å². The van der Waals surface area contributed by atoms with E-state index in [4.69, 9.17) is 10.7 Å². The van der Waals surface area contributed by atoms with Gasteiger partial charge >= 0.3 is 0 Å². The predicted octanol–water partition coefficient (Wildman–Crippen LogP) is 4.99.